The van der Waals surface area contributed by atoms with Crippen molar-refractivity contribution < 1.29 is 14.7 Å². The second-order valence-corrected chi connectivity index (χ2v) is 5.85. The molecule has 0 aliphatic rings. The summed E-state index contributed by atoms with van der Waals surface area (Å²) in [6.45, 7) is 0.321. The van der Waals surface area contributed by atoms with Crippen LogP contribution in [0.25, 0.3) is 11.1 Å². The summed E-state index contributed by atoms with van der Waals surface area (Å²) in [5.74, 6) is -0.859. The lowest BCUT2D eigenvalue weighted by molar-refractivity contribution is -0.137. The third kappa shape index (κ3) is 5.29. The van der Waals surface area contributed by atoms with Gasteiger partial charge < -0.3 is 21.5 Å². The first-order chi connectivity index (χ1) is 12.0. The number of nitrogens with one attached hydrogen (secondary N) is 2. The Balaban J connectivity index is 2.44. The van der Waals surface area contributed by atoms with E-state index in [0.717, 1.165) is 27.9 Å². The van der Waals surface area contributed by atoms with E-state index in [2.05, 4.69) is 10.6 Å². The Morgan fingerprint density at radius 3 is 2.68 bits per heavy atom. The van der Waals surface area contributed by atoms with E-state index in [1.54, 1.807) is 0 Å². The summed E-state index contributed by atoms with van der Waals surface area (Å²) in [6, 6.07) is 13.3. The van der Waals surface area contributed by atoms with E-state index in [1.165, 1.54) is 0 Å². The number of aliphatic carboxylic acids is 1. The maximum atomic E-state index is 10.9. The van der Waals surface area contributed by atoms with Crippen LogP contribution in [-0.2, 0) is 22.6 Å². The molecular weight excluding hydrogens is 338 g/mol. The van der Waals surface area contributed by atoms with Crippen molar-refractivity contribution in [2.75, 3.05) is 5.32 Å². The molecule has 0 radical (unpaired) electrons. The van der Waals surface area contributed by atoms with Gasteiger partial charge in [0.2, 0.25) is 6.41 Å². The minimum atomic E-state index is -0.859. The van der Waals surface area contributed by atoms with E-state index in [1.807, 2.05) is 42.5 Å². The van der Waals surface area contributed by atoms with Crippen molar-refractivity contribution in [2.45, 2.75) is 19.4 Å². The van der Waals surface area contributed by atoms with E-state index >= 15 is 0 Å². The van der Waals surface area contributed by atoms with Crippen molar-refractivity contribution in [1.29, 1.82) is 0 Å². The van der Waals surface area contributed by atoms with E-state index in [4.69, 9.17) is 23.1 Å². The highest BCUT2D eigenvalue weighted by atomic mass is 32.1. The number of carbonyl (C=O) groups is 2. The van der Waals surface area contributed by atoms with Gasteiger partial charge in [-0.25, -0.2) is 0 Å². The van der Waals surface area contributed by atoms with Gasteiger partial charge >= 0.3 is 5.97 Å². The third-order valence-corrected chi connectivity index (χ3v) is 3.79. The monoisotopic (exact) mass is 357 g/mol. The quantitative estimate of drug-likeness (QED) is 0.427. The average Bonchev–Trinajstić information content (AvgIpc) is 2.57. The SMILES string of the molecule is NC(=S)Nc1cccc(-c2cccc(CCC(=O)O)c2CNC=O)c1. The zero-order valence-corrected chi connectivity index (χ0v) is 14.3. The lowest BCUT2D eigenvalue weighted by Crippen LogP contribution is -2.18. The molecule has 0 aliphatic heterocycles. The van der Waals surface area contributed by atoms with E-state index < -0.39 is 5.97 Å². The first-order valence-electron chi connectivity index (χ1n) is 7.67. The molecule has 0 atom stereocenters. The summed E-state index contributed by atoms with van der Waals surface area (Å²) >= 11 is 4.86. The van der Waals surface area contributed by atoms with Crippen molar-refractivity contribution in [2.24, 2.45) is 5.73 Å². The second-order valence-electron chi connectivity index (χ2n) is 5.41. The van der Waals surface area contributed by atoms with E-state index in [9.17, 15) is 9.59 Å². The molecule has 2 aromatic rings. The molecule has 0 saturated heterocycles. The lowest BCUT2D eigenvalue weighted by Gasteiger charge is -2.15. The van der Waals surface area contributed by atoms with Crippen LogP contribution in [0.2, 0.25) is 0 Å². The second kappa shape index (κ2) is 8.79. The highest BCUT2D eigenvalue weighted by Gasteiger charge is 2.12. The molecule has 2 rings (SSSR count). The van der Waals surface area contributed by atoms with Crippen molar-refractivity contribution in [3.8, 4) is 11.1 Å². The van der Waals surface area contributed by atoms with Crippen LogP contribution in [0.3, 0.4) is 0 Å². The Labute approximate surface area is 151 Å². The first kappa shape index (κ1) is 18.4. The van der Waals surface area contributed by atoms with Crippen LogP contribution in [0.4, 0.5) is 5.69 Å². The summed E-state index contributed by atoms with van der Waals surface area (Å²) in [4.78, 5) is 21.6. The van der Waals surface area contributed by atoms with Crippen LogP contribution in [0, 0.1) is 0 Å². The van der Waals surface area contributed by atoms with Crippen LogP contribution >= 0.6 is 12.2 Å². The van der Waals surface area contributed by atoms with Gasteiger partial charge in [0.05, 0.1) is 0 Å². The Morgan fingerprint density at radius 2 is 2.00 bits per heavy atom. The number of hydrogen-bond donors (Lipinski definition) is 4. The molecule has 0 saturated carbocycles. The number of aryl methyl sites for hydroxylation is 1. The van der Waals surface area contributed by atoms with Gasteiger partial charge in [-0.05, 0) is 53.0 Å². The zero-order valence-electron chi connectivity index (χ0n) is 13.5. The van der Waals surface area contributed by atoms with Gasteiger partial charge in [0.1, 0.15) is 0 Å². The van der Waals surface area contributed by atoms with Crippen molar-refractivity contribution in [3.05, 3.63) is 53.6 Å². The van der Waals surface area contributed by atoms with E-state index in [0.29, 0.717) is 19.4 Å². The molecule has 0 spiro atoms. The number of rotatable bonds is 8. The number of carboxylic acids is 1. The molecule has 25 heavy (non-hydrogen) atoms. The smallest absolute Gasteiger partial charge is 0.303 e. The minimum Gasteiger partial charge on any atom is -0.481 e. The Bertz CT molecular complexity index is 793. The molecule has 130 valence electrons. The number of hydrogen-bond acceptors (Lipinski definition) is 3. The molecule has 6 nitrogen and oxygen atoms in total. The average molecular weight is 357 g/mol. The van der Waals surface area contributed by atoms with Gasteiger partial charge in [-0.15, -0.1) is 0 Å². The third-order valence-electron chi connectivity index (χ3n) is 3.68. The molecule has 0 unspecified atom stereocenters. The highest BCUT2D eigenvalue weighted by molar-refractivity contribution is 7.80. The molecule has 1 amide bonds. The van der Waals surface area contributed by atoms with Crippen molar-refractivity contribution in [3.63, 3.8) is 0 Å². The van der Waals surface area contributed by atoms with Crippen molar-refractivity contribution in [1.82, 2.24) is 5.32 Å². The minimum absolute atomic E-state index is 0.0284. The zero-order chi connectivity index (χ0) is 18.2. The fourth-order valence-corrected chi connectivity index (χ4v) is 2.76. The largest absolute Gasteiger partial charge is 0.481 e. The standard InChI is InChI=1S/C18H19N3O3S/c19-18(25)21-14-5-1-4-13(9-14)15-6-2-3-12(7-8-17(23)24)16(15)10-20-11-22/h1-6,9,11H,7-8,10H2,(H,20,22)(H,23,24)(H3,19,21,25). The van der Waals surface area contributed by atoms with Crippen LogP contribution in [0.15, 0.2) is 42.5 Å². The number of thiocarbonyl (C=S) groups is 1. The van der Waals surface area contributed by atoms with Gasteiger partial charge in [0.25, 0.3) is 0 Å². The van der Waals surface area contributed by atoms with Crippen LogP contribution in [0.5, 0.6) is 0 Å². The summed E-state index contributed by atoms with van der Waals surface area (Å²) < 4.78 is 0. The van der Waals surface area contributed by atoms with Gasteiger partial charge in [-0.2, -0.15) is 0 Å². The Morgan fingerprint density at radius 1 is 1.24 bits per heavy atom. The number of carboxylic acid groups (broad SMARTS) is 1. The molecule has 7 heteroatoms. The molecule has 2 aromatic carbocycles. The topological polar surface area (TPSA) is 104 Å². The van der Waals surface area contributed by atoms with Gasteiger partial charge in [0.15, 0.2) is 5.11 Å². The number of amides is 1. The number of nitrogens with two attached hydrogens (primary N) is 1. The fourth-order valence-electron chi connectivity index (χ4n) is 2.64. The number of benzene rings is 2. The molecular formula is C18H19N3O3S. The predicted molar refractivity (Wildman–Crippen MR) is 101 cm³/mol. The highest BCUT2D eigenvalue weighted by Crippen LogP contribution is 2.29. The Kier molecular flexibility index (Phi) is 6.47. The van der Waals surface area contributed by atoms with E-state index in [-0.39, 0.29) is 11.5 Å². The first-order valence-corrected chi connectivity index (χ1v) is 8.08. The number of carbonyl (C=O) groups excluding carboxylic acids is 1. The summed E-state index contributed by atoms with van der Waals surface area (Å²) in [7, 11) is 0. The maximum Gasteiger partial charge on any atom is 0.303 e. The van der Waals surface area contributed by atoms with Gasteiger partial charge in [0, 0.05) is 18.7 Å². The molecule has 0 fully saturated rings. The maximum absolute atomic E-state index is 10.9. The molecule has 0 aromatic heterocycles. The van der Waals surface area contributed by atoms with Gasteiger partial charge in [-0.1, -0.05) is 30.3 Å². The normalized spacial score (nSPS) is 10.1. The molecule has 0 aliphatic carbocycles. The van der Waals surface area contributed by atoms with Gasteiger partial charge in [-0.3, -0.25) is 9.59 Å². The lowest BCUT2D eigenvalue weighted by atomic mass is 9.93. The summed E-state index contributed by atoms with van der Waals surface area (Å²) in [6.07, 6.45) is 1.05. The summed E-state index contributed by atoms with van der Waals surface area (Å²) in [5, 5.41) is 14.7. The van der Waals surface area contributed by atoms with Crippen LogP contribution in [0.1, 0.15) is 17.5 Å². The molecule has 5 N–H and O–H groups in total. The fraction of sp³-hybridized carbons (Fsp3) is 0.167. The molecule has 0 heterocycles. The predicted octanol–water partition coefficient (Wildman–Crippen LogP) is 2.27. The van der Waals surface area contributed by atoms with Crippen molar-refractivity contribution >= 4 is 35.4 Å². The van der Waals surface area contributed by atoms with Crippen LogP contribution < -0.4 is 16.4 Å². The number of anilines is 1. The molecule has 0 bridgehead atoms. The summed E-state index contributed by atoms with van der Waals surface area (Å²) in [5.41, 5.74) is 9.90. The Hall–Kier alpha value is -2.93. The van der Waals surface area contributed by atoms with Crippen LogP contribution in [-0.4, -0.2) is 22.6 Å².